The quantitative estimate of drug-likeness (QED) is 0.736. The maximum atomic E-state index is 13.2. The lowest BCUT2D eigenvalue weighted by atomic mass is 10.1. The molecule has 0 radical (unpaired) electrons. The summed E-state index contributed by atoms with van der Waals surface area (Å²) in [6, 6.07) is 1.08. The van der Waals surface area contributed by atoms with Crippen molar-refractivity contribution in [2.45, 2.75) is 38.4 Å². The number of thiophene rings is 1. The van der Waals surface area contributed by atoms with Crippen LogP contribution in [0.25, 0.3) is 0 Å². The SMILES string of the molecule is Cc1sc(CN2CCCC(F)(F)C2)cc1C(F)(F)F. The van der Waals surface area contributed by atoms with Crippen LogP contribution in [0.3, 0.4) is 0 Å². The smallest absolute Gasteiger partial charge is 0.292 e. The minimum absolute atomic E-state index is 0.138. The van der Waals surface area contributed by atoms with E-state index in [2.05, 4.69) is 0 Å². The molecular formula is C12H14F5NS. The Labute approximate surface area is 112 Å². The summed E-state index contributed by atoms with van der Waals surface area (Å²) in [5.41, 5.74) is -0.656. The summed E-state index contributed by atoms with van der Waals surface area (Å²) in [5.74, 6) is -2.72. The van der Waals surface area contributed by atoms with Gasteiger partial charge in [0.05, 0.1) is 12.1 Å². The molecule has 0 bridgehead atoms. The van der Waals surface area contributed by atoms with E-state index in [0.717, 1.165) is 17.4 Å². The Hall–Kier alpha value is -0.690. The average Bonchev–Trinajstić information content (AvgIpc) is 2.57. The molecule has 7 heteroatoms. The molecule has 1 nitrogen and oxygen atoms in total. The Kier molecular flexibility index (Phi) is 3.88. The number of halogens is 5. The van der Waals surface area contributed by atoms with Gasteiger partial charge in [-0.2, -0.15) is 13.2 Å². The van der Waals surface area contributed by atoms with Crippen molar-refractivity contribution in [3.63, 3.8) is 0 Å². The molecule has 0 amide bonds. The van der Waals surface area contributed by atoms with Gasteiger partial charge >= 0.3 is 6.18 Å². The van der Waals surface area contributed by atoms with E-state index in [9.17, 15) is 22.0 Å². The van der Waals surface area contributed by atoms with Crippen LogP contribution < -0.4 is 0 Å². The second-order valence-electron chi connectivity index (χ2n) is 4.85. The zero-order chi connectivity index (χ0) is 14.3. The van der Waals surface area contributed by atoms with Crippen molar-refractivity contribution in [3.05, 3.63) is 21.4 Å². The van der Waals surface area contributed by atoms with E-state index in [-0.39, 0.29) is 24.4 Å². The first-order valence-electron chi connectivity index (χ1n) is 5.94. The largest absolute Gasteiger partial charge is 0.417 e. The summed E-state index contributed by atoms with van der Waals surface area (Å²) >= 11 is 1.03. The Balaban J connectivity index is 2.08. The molecule has 0 spiro atoms. The highest BCUT2D eigenvalue weighted by atomic mass is 32.1. The van der Waals surface area contributed by atoms with Gasteiger partial charge in [-0.1, -0.05) is 0 Å². The third-order valence-electron chi connectivity index (χ3n) is 3.13. The molecule has 0 unspecified atom stereocenters. The lowest BCUT2D eigenvalue weighted by Gasteiger charge is -2.31. The maximum absolute atomic E-state index is 13.2. The van der Waals surface area contributed by atoms with Crippen molar-refractivity contribution in [1.82, 2.24) is 4.90 Å². The molecular weight excluding hydrogens is 285 g/mol. The fraction of sp³-hybridized carbons (Fsp3) is 0.667. The lowest BCUT2D eigenvalue weighted by molar-refractivity contribution is -0.137. The molecule has 1 aromatic rings. The number of likely N-dealkylation sites (tertiary alicyclic amines) is 1. The van der Waals surface area contributed by atoms with Crippen LogP contribution in [0.4, 0.5) is 22.0 Å². The number of hydrogen-bond donors (Lipinski definition) is 0. The highest BCUT2D eigenvalue weighted by Crippen LogP contribution is 2.37. The zero-order valence-corrected chi connectivity index (χ0v) is 11.2. The van der Waals surface area contributed by atoms with Gasteiger partial charge in [-0.25, -0.2) is 8.78 Å². The Morgan fingerprint density at radius 1 is 1.37 bits per heavy atom. The molecule has 0 atom stereocenters. The summed E-state index contributed by atoms with van der Waals surface area (Å²) in [4.78, 5) is 2.20. The Morgan fingerprint density at radius 3 is 2.58 bits per heavy atom. The number of piperidine rings is 1. The van der Waals surface area contributed by atoms with Gasteiger partial charge in [0, 0.05) is 22.7 Å². The van der Waals surface area contributed by atoms with Gasteiger partial charge in [0.15, 0.2) is 0 Å². The van der Waals surface area contributed by atoms with E-state index in [1.807, 2.05) is 0 Å². The molecule has 0 N–H and O–H groups in total. The number of hydrogen-bond acceptors (Lipinski definition) is 2. The predicted molar refractivity (Wildman–Crippen MR) is 63.5 cm³/mol. The summed E-state index contributed by atoms with van der Waals surface area (Å²) in [6.45, 7) is 1.71. The van der Waals surface area contributed by atoms with Gasteiger partial charge in [0.25, 0.3) is 5.92 Å². The molecule has 0 aromatic carbocycles. The van der Waals surface area contributed by atoms with Gasteiger partial charge in [0.2, 0.25) is 0 Å². The number of aryl methyl sites for hydroxylation is 1. The fourth-order valence-corrected chi connectivity index (χ4v) is 3.41. The first kappa shape index (κ1) is 14.7. The van der Waals surface area contributed by atoms with Crippen LogP contribution in [-0.4, -0.2) is 23.9 Å². The molecule has 19 heavy (non-hydrogen) atoms. The van der Waals surface area contributed by atoms with Crippen molar-refractivity contribution >= 4 is 11.3 Å². The minimum Gasteiger partial charge on any atom is -0.292 e. The second-order valence-corrected chi connectivity index (χ2v) is 6.19. The molecule has 1 aromatic heterocycles. The van der Waals surface area contributed by atoms with E-state index in [4.69, 9.17) is 0 Å². The minimum atomic E-state index is -4.37. The first-order valence-corrected chi connectivity index (χ1v) is 6.76. The highest BCUT2D eigenvalue weighted by Gasteiger charge is 2.36. The number of alkyl halides is 5. The van der Waals surface area contributed by atoms with E-state index in [1.54, 1.807) is 0 Å². The summed E-state index contributed by atoms with van der Waals surface area (Å²) in [6.07, 6.45) is -4.13. The van der Waals surface area contributed by atoms with Crippen molar-refractivity contribution in [1.29, 1.82) is 0 Å². The molecule has 108 valence electrons. The molecule has 2 heterocycles. The summed E-state index contributed by atoms with van der Waals surface area (Å²) in [7, 11) is 0. The van der Waals surface area contributed by atoms with Crippen LogP contribution in [0.2, 0.25) is 0 Å². The van der Waals surface area contributed by atoms with Crippen molar-refractivity contribution in [2.24, 2.45) is 0 Å². The second kappa shape index (κ2) is 5.01. The molecule has 1 aliphatic rings. The molecule has 1 aliphatic heterocycles. The topological polar surface area (TPSA) is 3.24 Å². The monoisotopic (exact) mass is 299 g/mol. The zero-order valence-electron chi connectivity index (χ0n) is 10.4. The van der Waals surface area contributed by atoms with Crippen molar-refractivity contribution < 1.29 is 22.0 Å². The third-order valence-corrected chi connectivity index (χ3v) is 4.16. The highest BCUT2D eigenvalue weighted by molar-refractivity contribution is 7.12. The van der Waals surface area contributed by atoms with Gasteiger partial charge in [0.1, 0.15) is 0 Å². The van der Waals surface area contributed by atoms with Gasteiger partial charge in [-0.05, 0) is 26.0 Å². The number of nitrogens with zero attached hydrogens (tertiary/aromatic N) is 1. The molecule has 2 rings (SSSR count). The summed E-state index contributed by atoms with van der Waals surface area (Å²) < 4.78 is 64.3. The third kappa shape index (κ3) is 3.66. The van der Waals surface area contributed by atoms with Crippen LogP contribution in [0, 0.1) is 6.92 Å². The average molecular weight is 299 g/mol. The normalized spacial score (nSPS) is 20.7. The number of rotatable bonds is 2. The molecule has 0 saturated carbocycles. The predicted octanol–water partition coefficient (Wildman–Crippen LogP) is 4.31. The molecule has 1 fully saturated rings. The van der Waals surface area contributed by atoms with E-state index in [1.165, 1.54) is 11.8 Å². The first-order chi connectivity index (χ1) is 8.67. The maximum Gasteiger partial charge on any atom is 0.417 e. The van der Waals surface area contributed by atoms with Crippen LogP contribution in [0.5, 0.6) is 0 Å². The van der Waals surface area contributed by atoms with Gasteiger partial charge in [-0.15, -0.1) is 11.3 Å². The fourth-order valence-electron chi connectivity index (χ4n) is 2.30. The Bertz CT molecular complexity index is 451. The Morgan fingerprint density at radius 2 is 2.05 bits per heavy atom. The van der Waals surface area contributed by atoms with Crippen molar-refractivity contribution in [2.75, 3.05) is 13.1 Å². The van der Waals surface area contributed by atoms with Crippen LogP contribution in [0.1, 0.15) is 28.2 Å². The van der Waals surface area contributed by atoms with Crippen LogP contribution in [0.15, 0.2) is 6.07 Å². The van der Waals surface area contributed by atoms with Gasteiger partial charge < -0.3 is 0 Å². The standard InChI is InChI=1S/C12H14F5NS/c1-8-10(12(15,16)17)5-9(19-8)6-18-4-2-3-11(13,14)7-18/h5H,2-4,6-7H2,1H3. The van der Waals surface area contributed by atoms with E-state index in [0.29, 0.717) is 17.8 Å². The van der Waals surface area contributed by atoms with E-state index < -0.39 is 17.7 Å². The van der Waals surface area contributed by atoms with Crippen LogP contribution >= 0.6 is 11.3 Å². The van der Waals surface area contributed by atoms with Gasteiger partial charge in [-0.3, -0.25) is 4.90 Å². The summed E-state index contributed by atoms with van der Waals surface area (Å²) in [5, 5.41) is 0. The van der Waals surface area contributed by atoms with Crippen molar-refractivity contribution in [3.8, 4) is 0 Å². The van der Waals surface area contributed by atoms with E-state index >= 15 is 0 Å². The van der Waals surface area contributed by atoms with Crippen LogP contribution in [-0.2, 0) is 12.7 Å². The molecule has 0 aliphatic carbocycles. The molecule has 1 saturated heterocycles. The lowest BCUT2D eigenvalue weighted by Crippen LogP contribution is -2.41.